The number of nitrogens with zero attached hydrogens (tertiary/aromatic N) is 2. The van der Waals surface area contributed by atoms with E-state index in [1.807, 2.05) is 23.1 Å². The van der Waals surface area contributed by atoms with Crippen LogP contribution in [0.25, 0.3) is 0 Å². The highest BCUT2D eigenvalue weighted by Crippen LogP contribution is 2.23. The maximum Gasteiger partial charge on any atom is 0.255 e. The first-order valence-electron chi connectivity index (χ1n) is 7.07. The van der Waals surface area contributed by atoms with Gasteiger partial charge >= 0.3 is 0 Å². The summed E-state index contributed by atoms with van der Waals surface area (Å²) in [6, 6.07) is 5.70. The van der Waals surface area contributed by atoms with Gasteiger partial charge < -0.3 is 9.64 Å². The lowest BCUT2D eigenvalue weighted by Crippen LogP contribution is -2.36. The van der Waals surface area contributed by atoms with Gasteiger partial charge in [0.1, 0.15) is 0 Å². The SMILES string of the molecule is COCCN1CCCN(C(=O)c2cc(Br)ccc2Br)CC1. The number of hydrogen-bond donors (Lipinski definition) is 0. The third-order valence-corrected chi connectivity index (χ3v) is 4.83. The molecule has 1 aliphatic rings. The van der Waals surface area contributed by atoms with E-state index in [4.69, 9.17) is 4.74 Å². The number of rotatable bonds is 4. The zero-order chi connectivity index (χ0) is 15.2. The van der Waals surface area contributed by atoms with Gasteiger partial charge in [-0.1, -0.05) is 15.9 Å². The minimum absolute atomic E-state index is 0.0942. The van der Waals surface area contributed by atoms with E-state index in [-0.39, 0.29) is 5.91 Å². The molecule has 0 N–H and O–H groups in total. The van der Waals surface area contributed by atoms with Crippen molar-refractivity contribution in [1.29, 1.82) is 0 Å². The van der Waals surface area contributed by atoms with Crippen LogP contribution in [0.5, 0.6) is 0 Å². The Balaban J connectivity index is 2.01. The van der Waals surface area contributed by atoms with E-state index < -0.39 is 0 Å². The van der Waals surface area contributed by atoms with Crippen molar-refractivity contribution >= 4 is 37.8 Å². The molecular weight excluding hydrogens is 400 g/mol. The number of amides is 1. The van der Waals surface area contributed by atoms with Gasteiger partial charge in [-0.15, -0.1) is 0 Å². The fourth-order valence-corrected chi connectivity index (χ4v) is 3.23. The van der Waals surface area contributed by atoms with E-state index in [9.17, 15) is 4.79 Å². The lowest BCUT2D eigenvalue weighted by molar-refractivity contribution is 0.0758. The average molecular weight is 420 g/mol. The Morgan fingerprint density at radius 1 is 1.24 bits per heavy atom. The Labute approximate surface area is 142 Å². The van der Waals surface area contributed by atoms with Gasteiger partial charge in [-0.3, -0.25) is 9.69 Å². The Morgan fingerprint density at radius 3 is 2.81 bits per heavy atom. The molecule has 0 aromatic heterocycles. The number of hydrogen-bond acceptors (Lipinski definition) is 3. The molecule has 0 radical (unpaired) electrons. The van der Waals surface area contributed by atoms with E-state index in [1.165, 1.54) is 0 Å². The summed E-state index contributed by atoms with van der Waals surface area (Å²) in [7, 11) is 1.72. The van der Waals surface area contributed by atoms with Crippen LogP contribution in [0.1, 0.15) is 16.8 Å². The summed E-state index contributed by atoms with van der Waals surface area (Å²) < 4.78 is 6.89. The highest BCUT2D eigenvalue weighted by molar-refractivity contribution is 9.11. The van der Waals surface area contributed by atoms with Crippen molar-refractivity contribution in [2.24, 2.45) is 0 Å². The van der Waals surface area contributed by atoms with Crippen LogP contribution in [0.4, 0.5) is 0 Å². The second-order valence-corrected chi connectivity index (χ2v) is 6.87. The molecule has 0 saturated carbocycles. The quantitative estimate of drug-likeness (QED) is 0.751. The maximum atomic E-state index is 12.7. The van der Waals surface area contributed by atoms with Gasteiger partial charge in [-0.2, -0.15) is 0 Å². The van der Waals surface area contributed by atoms with Crippen LogP contribution in [0.15, 0.2) is 27.1 Å². The van der Waals surface area contributed by atoms with Crippen LogP contribution in [0.2, 0.25) is 0 Å². The van der Waals surface area contributed by atoms with Crippen molar-refractivity contribution in [2.75, 3.05) is 46.4 Å². The van der Waals surface area contributed by atoms with Crippen molar-refractivity contribution < 1.29 is 9.53 Å². The summed E-state index contributed by atoms with van der Waals surface area (Å²) in [6.45, 7) is 5.17. The topological polar surface area (TPSA) is 32.8 Å². The van der Waals surface area contributed by atoms with Gasteiger partial charge in [0.25, 0.3) is 5.91 Å². The standard InChI is InChI=1S/C15H20Br2N2O2/c1-21-10-9-18-5-2-6-19(8-7-18)15(20)13-11-12(16)3-4-14(13)17/h3-4,11H,2,5-10H2,1H3. The molecule has 6 heteroatoms. The van der Waals surface area contributed by atoms with Gasteiger partial charge in [-0.25, -0.2) is 0 Å². The van der Waals surface area contributed by atoms with Crippen LogP contribution in [-0.4, -0.2) is 62.1 Å². The van der Waals surface area contributed by atoms with Crippen molar-refractivity contribution in [2.45, 2.75) is 6.42 Å². The van der Waals surface area contributed by atoms with Crippen molar-refractivity contribution in [3.05, 3.63) is 32.7 Å². The predicted octanol–water partition coefficient (Wildman–Crippen LogP) is 3.01. The third-order valence-electron chi connectivity index (χ3n) is 3.65. The highest BCUT2D eigenvalue weighted by atomic mass is 79.9. The van der Waals surface area contributed by atoms with Gasteiger partial charge in [0.15, 0.2) is 0 Å². The fraction of sp³-hybridized carbons (Fsp3) is 0.533. The fourth-order valence-electron chi connectivity index (χ4n) is 2.45. The number of carbonyl (C=O) groups is 1. The Morgan fingerprint density at radius 2 is 2.05 bits per heavy atom. The molecule has 1 heterocycles. The molecule has 116 valence electrons. The van der Waals surface area contributed by atoms with E-state index in [0.717, 1.165) is 60.3 Å². The lowest BCUT2D eigenvalue weighted by atomic mass is 10.2. The second kappa shape index (κ2) is 8.27. The molecule has 0 atom stereocenters. The van der Waals surface area contributed by atoms with Crippen LogP contribution in [0.3, 0.4) is 0 Å². The van der Waals surface area contributed by atoms with E-state index >= 15 is 0 Å². The van der Waals surface area contributed by atoms with Crippen molar-refractivity contribution in [3.63, 3.8) is 0 Å². The minimum Gasteiger partial charge on any atom is -0.383 e. The molecule has 0 spiro atoms. The molecule has 4 nitrogen and oxygen atoms in total. The molecule has 1 fully saturated rings. The Kier molecular flexibility index (Phi) is 6.67. The van der Waals surface area contributed by atoms with E-state index in [1.54, 1.807) is 7.11 Å². The predicted molar refractivity (Wildman–Crippen MR) is 90.7 cm³/mol. The van der Waals surface area contributed by atoms with Crippen LogP contribution < -0.4 is 0 Å². The smallest absolute Gasteiger partial charge is 0.255 e. The summed E-state index contributed by atoms with van der Waals surface area (Å²) in [4.78, 5) is 17.0. The summed E-state index contributed by atoms with van der Waals surface area (Å²) >= 11 is 6.90. The molecule has 21 heavy (non-hydrogen) atoms. The zero-order valence-electron chi connectivity index (χ0n) is 12.1. The summed E-state index contributed by atoms with van der Waals surface area (Å²) in [6.07, 6.45) is 1.00. The monoisotopic (exact) mass is 418 g/mol. The van der Waals surface area contributed by atoms with Crippen LogP contribution in [0, 0.1) is 0 Å². The Hall–Kier alpha value is -0.430. The van der Waals surface area contributed by atoms with Gasteiger partial charge in [-0.05, 0) is 47.1 Å². The third kappa shape index (κ3) is 4.77. The number of carbonyl (C=O) groups excluding carboxylic acids is 1. The zero-order valence-corrected chi connectivity index (χ0v) is 15.3. The van der Waals surface area contributed by atoms with Gasteiger partial charge in [0.05, 0.1) is 12.2 Å². The maximum absolute atomic E-state index is 12.7. The first-order chi connectivity index (χ1) is 10.1. The number of ether oxygens (including phenoxy) is 1. The molecule has 1 amide bonds. The Bertz CT molecular complexity index is 497. The minimum atomic E-state index is 0.0942. The normalized spacial score (nSPS) is 16.8. The summed E-state index contributed by atoms with van der Waals surface area (Å²) in [5.74, 6) is 0.0942. The first kappa shape index (κ1) is 16.9. The van der Waals surface area contributed by atoms with Gasteiger partial charge in [0, 0.05) is 42.2 Å². The first-order valence-corrected chi connectivity index (χ1v) is 8.66. The molecular formula is C15H20Br2N2O2. The highest BCUT2D eigenvalue weighted by Gasteiger charge is 2.21. The van der Waals surface area contributed by atoms with Crippen LogP contribution in [-0.2, 0) is 4.74 Å². The molecule has 1 aromatic rings. The molecule has 1 aromatic carbocycles. The molecule has 0 aliphatic carbocycles. The van der Waals surface area contributed by atoms with Crippen molar-refractivity contribution in [3.8, 4) is 0 Å². The van der Waals surface area contributed by atoms with Crippen LogP contribution >= 0.6 is 31.9 Å². The number of benzene rings is 1. The molecule has 1 aliphatic heterocycles. The van der Waals surface area contributed by atoms with Gasteiger partial charge in [0.2, 0.25) is 0 Å². The average Bonchev–Trinajstić information content (AvgIpc) is 2.72. The number of halogens is 2. The second-order valence-electron chi connectivity index (χ2n) is 5.10. The van der Waals surface area contributed by atoms with E-state index in [2.05, 4.69) is 36.8 Å². The molecule has 1 saturated heterocycles. The van der Waals surface area contributed by atoms with E-state index in [0.29, 0.717) is 0 Å². The van der Waals surface area contributed by atoms with Crippen molar-refractivity contribution in [1.82, 2.24) is 9.80 Å². The summed E-state index contributed by atoms with van der Waals surface area (Å²) in [5.41, 5.74) is 0.717. The molecule has 0 bridgehead atoms. The summed E-state index contributed by atoms with van der Waals surface area (Å²) in [5, 5.41) is 0. The molecule has 2 rings (SSSR count). The number of methoxy groups -OCH3 is 1. The largest absolute Gasteiger partial charge is 0.383 e. The lowest BCUT2D eigenvalue weighted by Gasteiger charge is -2.22. The molecule has 0 unspecified atom stereocenters.